The van der Waals surface area contributed by atoms with E-state index in [1.165, 1.54) is 37.5 Å². The lowest BCUT2D eigenvalue weighted by Gasteiger charge is -2.23. The highest BCUT2D eigenvalue weighted by molar-refractivity contribution is 9.10. The van der Waals surface area contributed by atoms with Crippen LogP contribution in [0.2, 0.25) is 0 Å². The Morgan fingerprint density at radius 3 is 2.79 bits per heavy atom. The van der Waals surface area contributed by atoms with Gasteiger partial charge in [-0.3, -0.25) is 4.79 Å². The van der Waals surface area contributed by atoms with Gasteiger partial charge in [0, 0.05) is 10.5 Å². The van der Waals surface area contributed by atoms with Crippen molar-refractivity contribution < 1.29 is 9.18 Å². The zero-order valence-electron chi connectivity index (χ0n) is 11.1. The fraction of sp³-hybridized carbons (Fsp3) is 0.533. The highest BCUT2D eigenvalue weighted by Crippen LogP contribution is 2.24. The van der Waals surface area contributed by atoms with Crippen molar-refractivity contribution in [2.24, 2.45) is 5.92 Å². The van der Waals surface area contributed by atoms with Gasteiger partial charge in [-0.15, -0.1) is 0 Å². The molecule has 1 aliphatic rings. The molecule has 104 valence electrons. The maximum absolute atomic E-state index is 13.0. The van der Waals surface area contributed by atoms with E-state index in [2.05, 4.69) is 28.2 Å². The van der Waals surface area contributed by atoms with Gasteiger partial charge in [-0.05, 0) is 52.9 Å². The van der Waals surface area contributed by atoms with Gasteiger partial charge in [0.25, 0.3) is 5.91 Å². The summed E-state index contributed by atoms with van der Waals surface area (Å²) in [6.45, 7) is 2.19. The minimum atomic E-state index is -0.341. The maximum Gasteiger partial charge on any atom is 0.252 e. The van der Waals surface area contributed by atoms with Gasteiger partial charge in [-0.2, -0.15) is 0 Å². The Balaban J connectivity index is 2.07. The number of hydrogen-bond acceptors (Lipinski definition) is 1. The van der Waals surface area contributed by atoms with E-state index in [4.69, 9.17) is 0 Å². The average Bonchev–Trinajstić information content (AvgIpc) is 2.55. The number of nitrogens with one attached hydrogen (secondary N) is 1. The molecule has 1 N–H and O–H groups in total. The molecule has 2 atom stereocenters. The van der Waals surface area contributed by atoms with Crippen LogP contribution in [0.25, 0.3) is 0 Å². The van der Waals surface area contributed by atoms with Crippen LogP contribution >= 0.6 is 15.9 Å². The first kappa shape index (κ1) is 14.5. The Bertz CT molecular complexity index is 463. The molecule has 19 heavy (non-hydrogen) atoms. The molecule has 2 unspecified atom stereocenters. The molecule has 1 aliphatic carbocycles. The van der Waals surface area contributed by atoms with Crippen LogP contribution in [0.5, 0.6) is 0 Å². The van der Waals surface area contributed by atoms with Crippen LogP contribution in [0.15, 0.2) is 22.7 Å². The summed E-state index contributed by atoms with van der Waals surface area (Å²) in [4.78, 5) is 12.2. The summed E-state index contributed by atoms with van der Waals surface area (Å²) in [5.41, 5.74) is 0.498. The molecule has 1 saturated carbocycles. The topological polar surface area (TPSA) is 29.1 Å². The minimum absolute atomic E-state index is 0.120. The number of benzene rings is 1. The van der Waals surface area contributed by atoms with Crippen LogP contribution in [-0.2, 0) is 0 Å². The van der Waals surface area contributed by atoms with Crippen LogP contribution in [0.3, 0.4) is 0 Å². The molecule has 2 nitrogen and oxygen atoms in total. The molecule has 0 radical (unpaired) electrons. The van der Waals surface area contributed by atoms with Crippen molar-refractivity contribution in [1.29, 1.82) is 0 Å². The molecule has 1 fully saturated rings. The normalized spacial score (nSPS) is 23.7. The highest BCUT2D eigenvalue weighted by atomic mass is 79.9. The summed E-state index contributed by atoms with van der Waals surface area (Å²) in [7, 11) is 0. The van der Waals surface area contributed by atoms with Crippen molar-refractivity contribution in [3.05, 3.63) is 34.1 Å². The molecule has 2 rings (SSSR count). The molecule has 1 aromatic rings. The Labute approximate surface area is 121 Å². The van der Waals surface area contributed by atoms with Gasteiger partial charge in [0.1, 0.15) is 5.82 Å². The third-order valence-corrected chi connectivity index (χ3v) is 4.51. The molecule has 4 heteroatoms. The largest absolute Gasteiger partial charge is 0.349 e. The van der Waals surface area contributed by atoms with Gasteiger partial charge < -0.3 is 5.32 Å². The Morgan fingerprint density at radius 2 is 2.05 bits per heavy atom. The fourth-order valence-corrected chi connectivity index (χ4v) is 3.16. The van der Waals surface area contributed by atoms with E-state index in [9.17, 15) is 9.18 Å². The van der Waals surface area contributed by atoms with E-state index < -0.39 is 0 Å². The van der Waals surface area contributed by atoms with E-state index in [0.717, 1.165) is 12.8 Å². The molecule has 1 amide bonds. The first-order valence-electron chi connectivity index (χ1n) is 6.84. The number of rotatable bonds is 2. The Morgan fingerprint density at radius 1 is 1.32 bits per heavy atom. The number of carbonyl (C=O) groups is 1. The van der Waals surface area contributed by atoms with Crippen LogP contribution in [0.1, 0.15) is 49.4 Å². The first-order chi connectivity index (χ1) is 9.08. The van der Waals surface area contributed by atoms with Gasteiger partial charge >= 0.3 is 0 Å². The van der Waals surface area contributed by atoms with Gasteiger partial charge in [-0.1, -0.05) is 26.2 Å². The summed E-state index contributed by atoms with van der Waals surface area (Å²) in [5, 5.41) is 3.09. The number of amides is 1. The standard InChI is InChI=1S/C15H19BrFNO/c1-10-5-3-2-4-6-14(10)18-15(19)12-8-7-11(17)9-13(12)16/h7-10,14H,2-6H2,1H3,(H,18,19). The SMILES string of the molecule is CC1CCCCCC1NC(=O)c1ccc(F)cc1Br. The van der Waals surface area contributed by atoms with Crippen molar-refractivity contribution in [2.45, 2.75) is 45.1 Å². The Kier molecular flexibility index (Phi) is 4.97. The zero-order chi connectivity index (χ0) is 13.8. The zero-order valence-corrected chi connectivity index (χ0v) is 12.7. The molecule has 0 aromatic heterocycles. The molecular formula is C15H19BrFNO. The van der Waals surface area contributed by atoms with Crippen molar-refractivity contribution in [3.63, 3.8) is 0 Å². The molecule has 0 aliphatic heterocycles. The van der Waals surface area contributed by atoms with Crippen molar-refractivity contribution in [3.8, 4) is 0 Å². The second-order valence-corrected chi connectivity index (χ2v) is 6.17. The highest BCUT2D eigenvalue weighted by Gasteiger charge is 2.22. The van der Waals surface area contributed by atoms with E-state index in [-0.39, 0.29) is 17.8 Å². The summed E-state index contributed by atoms with van der Waals surface area (Å²) in [6.07, 6.45) is 5.85. The lowest BCUT2D eigenvalue weighted by molar-refractivity contribution is 0.0920. The second kappa shape index (κ2) is 6.51. The minimum Gasteiger partial charge on any atom is -0.349 e. The number of halogens is 2. The van der Waals surface area contributed by atoms with E-state index >= 15 is 0 Å². The lowest BCUT2D eigenvalue weighted by atomic mass is 9.96. The predicted octanol–water partition coefficient (Wildman–Crippen LogP) is 4.29. The number of hydrogen-bond donors (Lipinski definition) is 1. The molecule has 0 bridgehead atoms. The van der Waals surface area contributed by atoms with Gasteiger partial charge in [0.2, 0.25) is 0 Å². The molecule has 0 saturated heterocycles. The van der Waals surface area contributed by atoms with E-state index in [1.807, 2.05) is 0 Å². The summed E-state index contributed by atoms with van der Waals surface area (Å²) in [6, 6.07) is 4.39. The first-order valence-corrected chi connectivity index (χ1v) is 7.63. The maximum atomic E-state index is 13.0. The van der Waals surface area contributed by atoms with Crippen LogP contribution in [0, 0.1) is 11.7 Å². The summed E-state index contributed by atoms with van der Waals surface area (Å²) >= 11 is 3.24. The van der Waals surface area contributed by atoms with Crippen LogP contribution in [-0.4, -0.2) is 11.9 Å². The number of carbonyl (C=O) groups excluding carboxylic acids is 1. The van der Waals surface area contributed by atoms with Crippen LogP contribution in [0.4, 0.5) is 4.39 Å². The van der Waals surface area contributed by atoms with Crippen molar-refractivity contribution in [2.75, 3.05) is 0 Å². The third kappa shape index (κ3) is 3.78. The van der Waals surface area contributed by atoms with Crippen LogP contribution < -0.4 is 5.32 Å². The van der Waals surface area contributed by atoms with E-state index in [1.54, 1.807) is 0 Å². The average molecular weight is 328 g/mol. The molecule has 1 aromatic carbocycles. The lowest BCUT2D eigenvalue weighted by Crippen LogP contribution is -2.39. The smallest absolute Gasteiger partial charge is 0.252 e. The van der Waals surface area contributed by atoms with Crippen molar-refractivity contribution >= 4 is 21.8 Å². The van der Waals surface area contributed by atoms with Crippen molar-refractivity contribution in [1.82, 2.24) is 5.32 Å². The quantitative estimate of drug-likeness (QED) is 0.807. The Hall–Kier alpha value is -0.900. The molecule has 0 heterocycles. The summed E-state index contributed by atoms with van der Waals surface area (Å²) < 4.78 is 13.5. The fourth-order valence-electron chi connectivity index (χ4n) is 2.63. The monoisotopic (exact) mass is 327 g/mol. The molecular weight excluding hydrogens is 309 g/mol. The predicted molar refractivity (Wildman–Crippen MR) is 77.6 cm³/mol. The van der Waals surface area contributed by atoms with Gasteiger partial charge in [-0.25, -0.2) is 4.39 Å². The second-order valence-electron chi connectivity index (χ2n) is 5.32. The molecule has 0 spiro atoms. The summed E-state index contributed by atoms with van der Waals surface area (Å²) in [5.74, 6) is 0.0440. The van der Waals surface area contributed by atoms with Gasteiger partial charge in [0.15, 0.2) is 0 Å². The van der Waals surface area contributed by atoms with E-state index in [0.29, 0.717) is 16.0 Å². The van der Waals surface area contributed by atoms with Gasteiger partial charge in [0.05, 0.1) is 5.56 Å². The third-order valence-electron chi connectivity index (χ3n) is 3.85.